The van der Waals surface area contributed by atoms with Crippen molar-refractivity contribution in [3.63, 3.8) is 0 Å². The van der Waals surface area contributed by atoms with Crippen LogP contribution in [0.1, 0.15) is 25.3 Å². The lowest BCUT2D eigenvalue weighted by molar-refractivity contribution is 0.136. The Morgan fingerprint density at radius 3 is 2.85 bits per heavy atom. The fraction of sp³-hybridized carbons (Fsp3) is 0.562. The van der Waals surface area contributed by atoms with E-state index < -0.39 is 0 Å². The number of carbonyl (C=O) groups is 1. The maximum atomic E-state index is 11.7. The molecule has 2 rings (SSSR count). The molecule has 0 spiro atoms. The molecule has 4 nitrogen and oxygen atoms in total. The Labute approximate surface area is 120 Å². The number of alkyl carbamates (subject to hydrolysis) is 1. The van der Waals surface area contributed by atoms with Gasteiger partial charge in [-0.25, -0.2) is 4.79 Å². The first kappa shape index (κ1) is 14.9. The van der Waals surface area contributed by atoms with Crippen molar-refractivity contribution in [3.05, 3.63) is 35.9 Å². The molecule has 1 aliphatic rings. The van der Waals surface area contributed by atoms with E-state index in [2.05, 4.69) is 17.6 Å². The third kappa shape index (κ3) is 4.85. The summed E-state index contributed by atoms with van der Waals surface area (Å²) in [7, 11) is 0. The summed E-state index contributed by atoms with van der Waals surface area (Å²) in [6.07, 6.45) is 1.96. The molecular formula is C16H24N2O2. The Morgan fingerprint density at radius 2 is 2.05 bits per heavy atom. The Morgan fingerprint density at radius 1 is 1.30 bits per heavy atom. The van der Waals surface area contributed by atoms with Crippen LogP contribution in [-0.2, 0) is 11.3 Å². The number of ether oxygens (including phenoxy) is 1. The monoisotopic (exact) mass is 276 g/mol. The normalized spacial score (nSPS) is 22.9. The zero-order valence-corrected chi connectivity index (χ0v) is 12.1. The molecule has 0 aliphatic carbocycles. The molecule has 2 atom stereocenters. The lowest BCUT2D eigenvalue weighted by Gasteiger charge is -2.21. The molecule has 0 saturated carbocycles. The molecule has 1 heterocycles. The molecule has 1 saturated heterocycles. The molecule has 110 valence electrons. The molecule has 0 aromatic heterocycles. The van der Waals surface area contributed by atoms with Crippen molar-refractivity contribution < 1.29 is 9.53 Å². The van der Waals surface area contributed by atoms with Crippen molar-refractivity contribution in [3.8, 4) is 0 Å². The number of amides is 1. The van der Waals surface area contributed by atoms with Gasteiger partial charge in [-0.15, -0.1) is 0 Å². The average molecular weight is 276 g/mol. The standard InChI is InChI=1S/C16H24N2O2/c1-13-7-9-17-10-8-15(13)11-18-16(19)20-12-14-5-3-2-4-6-14/h2-6,13,15,17H,7-12H2,1H3,(H,18,19)/t13-,15-/m0/s1. The predicted molar refractivity (Wildman–Crippen MR) is 79.4 cm³/mol. The zero-order chi connectivity index (χ0) is 14.2. The van der Waals surface area contributed by atoms with Crippen LogP contribution in [0.25, 0.3) is 0 Å². The van der Waals surface area contributed by atoms with Gasteiger partial charge in [0.2, 0.25) is 0 Å². The van der Waals surface area contributed by atoms with Gasteiger partial charge in [0.05, 0.1) is 0 Å². The molecule has 0 bridgehead atoms. The summed E-state index contributed by atoms with van der Waals surface area (Å²) in [5, 5.41) is 6.29. The first-order chi connectivity index (χ1) is 9.75. The van der Waals surface area contributed by atoms with Crippen LogP contribution in [0.3, 0.4) is 0 Å². The largest absolute Gasteiger partial charge is 0.445 e. The second-order valence-electron chi connectivity index (χ2n) is 5.51. The van der Waals surface area contributed by atoms with Crippen LogP contribution in [0.15, 0.2) is 30.3 Å². The van der Waals surface area contributed by atoms with Crippen LogP contribution < -0.4 is 10.6 Å². The summed E-state index contributed by atoms with van der Waals surface area (Å²) in [4.78, 5) is 11.7. The van der Waals surface area contributed by atoms with E-state index in [-0.39, 0.29) is 6.09 Å². The highest BCUT2D eigenvalue weighted by atomic mass is 16.5. The van der Waals surface area contributed by atoms with Crippen LogP contribution in [0.4, 0.5) is 4.79 Å². The van der Waals surface area contributed by atoms with Crippen molar-refractivity contribution in [1.29, 1.82) is 0 Å². The van der Waals surface area contributed by atoms with Crippen LogP contribution in [0.2, 0.25) is 0 Å². The van der Waals surface area contributed by atoms with E-state index in [0.29, 0.717) is 25.0 Å². The van der Waals surface area contributed by atoms with Gasteiger partial charge in [0.1, 0.15) is 6.61 Å². The number of rotatable bonds is 4. The van der Waals surface area contributed by atoms with E-state index in [9.17, 15) is 4.79 Å². The highest BCUT2D eigenvalue weighted by Crippen LogP contribution is 2.20. The summed E-state index contributed by atoms with van der Waals surface area (Å²) in [6.45, 7) is 5.41. The maximum absolute atomic E-state index is 11.7. The Bertz CT molecular complexity index is 408. The van der Waals surface area contributed by atoms with Crippen LogP contribution in [-0.4, -0.2) is 25.7 Å². The van der Waals surface area contributed by atoms with Gasteiger partial charge in [-0.2, -0.15) is 0 Å². The Balaban J connectivity index is 1.69. The second kappa shape index (κ2) is 7.90. The molecule has 4 heteroatoms. The first-order valence-electron chi connectivity index (χ1n) is 7.41. The summed E-state index contributed by atoms with van der Waals surface area (Å²) >= 11 is 0. The van der Waals surface area contributed by atoms with Crippen molar-refractivity contribution >= 4 is 6.09 Å². The number of carbonyl (C=O) groups excluding carboxylic acids is 1. The van der Waals surface area contributed by atoms with Crippen LogP contribution in [0, 0.1) is 11.8 Å². The molecule has 0 unspecified atom stereocenters. The third-order valence-corrected chi connectivity index (χ3v) is 3.99. The minimum absolute atomic E-state index is 0.321. The molecule has 0 radical (unpaired) electrons. The Kier molecular flexibility index (Phi) is 5.87. The van der Waals surface area contributed by atoms with Crippen LogP contribution in [0.5, 0.6) is 0 Å². The number of nitrogens with one attached hydrogen (secondary N) is 2. The average Bonchev–Trinajstić information content (AvgIpc) is 2.68. The van der Waals surface area contributed by atoms with Crippen LogP contribution >= 0.6 is 0 Å². The van der Waals surface area contributed by atoms with E-state index >= 15 is 0 Å². The second-order valence-corrected chi connectivity index (χ2v) is 5.51. The minimum atomic E-state index is -0.321. The van der Waals surface area contributed by atoms with E-state index in [0.717, 1.165) is 25.1 Å². The van der Waals surface area contributed by atoms with Gasteiger partial charge in [0.15, 0.2) is 0 Å². The molecule has 20 heavy (non-hydrogen) atoms. The molecule has 2 N–H and O–H groups in total. The van der Waals surface area contributed by atoms with Crippen molar-refractivity contribution in [2.45, 2.75) is 26.4 Å². The summed E-state index contributed by atoms with van der Waals surface area (Å²) in [5.41, 5.74) is 1.01. The Hall–Kier alpha value is -1.55. The highest BCUT2D eigenvalue weighted by Gasteiger charge is 2.20. The fourth-order valence-corrected chi connectivity index (χ4v) is 2.55. The zero-order valence-electron chi connectivity index (χ0n) is 12.1. The van der Waals surface area contributed by atoms with Gasteiger partial charge in [-0.05, 0) is 43.3 Å². The van der Waals surface area contributed by atoms with E-state index in [4.69, 9.17) is 4.74 Å². The van der Waals surface area contributed by atoms with Crippen molar-refractivity contribution in [2.75, 3.05) is 19.6 Å². The minimum Gasteiger partial charge on any atom is -0.445 e. The molecule has 1 aromatic carbocycles. The van der Waals surface area contributed by atoms with Gasteiger partial charge in [-0.3, -0.25) is 0 Å². The van der Waals surface area contributed by atoms with Crippen molar-refractivity contribution in [2.24, 2.45) is 11.8 Å². The number of hydrogen-bond donors (Lipinski definition) is 2. The lowest BCUT2D eigenvalue weighted by atomic mass is 9.90. The lowest BCUT2D eigenvalue weighted by Crippen LogP contribution is -2.32. The molecule has 1 fully saturated rings. The smallest absolute Gasteiger partial charge is 0.407 e. The van der Waals surface area contributed by atoms with E-state index in [1.165, 1.54) is 6.42 Å². The van der Waals surface area contributed by atoms with Gasteiger partial charge in [-0.1, -0.05) is 37.3 Å². The van der Waals surface area contributed by atoms with Crippen molar-refractivity contribution in [1.82, 2.24) is 10.6 Å². The van der Waals surface area contributed by atoms with Gasteiger partial charge < -0.3 is 15.4 Å². The highest BCUT2D eigenvalue weighted by molar-refractivity contribution is 5.67. The number of benzene rings is 1. The maximum Gasteiger partial charge on any atom is 0.407 e. The molecule has 1 aliphatic heterocycles. The van der Waals surface area contributed by atoms with Gasteiger partial charge >= 0.3 is 6.09 Å². The molecule has 1 aromatic rings. The fourth-order valence-electron chi connectivity index (χ4n) is 2.55. The SMILES string of the molecule is C[C@H]1CCNCC[C@H]1CNC(=O)OCc1ccccc1. The predicted octanol–water partition coefficient (Wildman–Crippen LogP) is 2.55. The van der Waals surface area contributed by atoms with E-state index in [1.54, 1.807) is 0 Å². The number of hydrogen-bond acceptors (Lipinski definition) is 3. The first-order valence-corrected chi connectivity index (χ1v) is 7.41. The quantitative estimate of drug-likeness (QED) is 0.888. The molecular weight excluding hydrogens is 252 g/mol. The topological polar surface area (TPSA) is 50.4 Å². The van der Waals surface area contributed by atoms with Gasteiger partial charge in [0.25, 0.3) is 0 Å². The van der Waals surface area contributed by atoms with Gasteiger partial charge in [0, 0.05) is 6.54 Å². The van der Waals surface area contributed by atoms with E-state index in [1.807, 2.05) is 30.3 Å². The third-order valence-electron chi connectivity index (χ3n) is 3.99. The summed E-state index contributed by atoms with van der Waals surface area (Å²) < 4.78 is 5.22. The molecule has 1 amide bonds. The summed E-state index contributed by atoms with van der Waals surface area (Å²) in [5.74, 6) is 1.17. The summed E-state index contributed by atoms with van der Waals surface area (Å²) in [6, 6.07) is 9.73.